The maximum Gasteiger partial charge on any atom is 0.315 e. The summed E-state index contributed by atoms with van der Waals surface area (Å²) in [6.07, 6.45) is 0. The molecule has 0 spiro atoms. The summed E-state index contributed by atoms with van der Waals surface area (Å²) in [7, 11) is 0. The smallest absolute Gasteiger partial charge is 0.315 e. The number of ketones is 1. The lowest BCUT2D eigenvalue weighted by molar-refractivity contribution is -0.118. The maximum absolute atomic E-state index is 11.0. The molecule has 0 saturated heterocycles. The number of Topliss-reactive ketones (excluding diaryl/α,β-unsaturated/α-hetero) is 1. The average Bonchev–Trinajstić information content (AvgIpc) is 1.84. The van der Waals surface area contributed by atoms with Crippen molar-refractivity contribution in [1.82, 2.24) is 10.6 Å². The van der Waals surface area contributed by atoms with Crippen LogP contribution in [0.25, 0.3) is 0 Å². The van der Waals surface area contributed by atoms with Gasteiger partial charge >= 0.3 is 6.03 Å². The van der Waals surface area contributed by atoms with Crippen LogP contribution in [0.4, 0.5) is 4.79 Å². The molecular weight excluding hydrogens is 156 g/mol. The topological polar surface area (TPSA) is 58.2 Å². The minimum absolute atomic E-state index is 0.0473. The first-order valence-corrected chi connectivity index (χ1v) is 4.01. The van der Waals surface area contributed by atoms with E-state index >= 15 is 0 Å². The molecule has 0 aliphatic heterocycles. The second-order valence-electron chi connectivity index (χ2n) is 3.10. The lowest BCUT2D eigenvalue weighted by atomic mass is 10.2. The number of hydrogen-bond donors (Lipinski definition) is 2. The van der Waals surface area contributed by atoms with E-state index in [-0.39, 0.29) is 17.9 Å². The van der Waals surface area contributed by atoms with Crippen LogP contribution in [-0.2, 0) is 4.79 Å². The maximum atomic E-state index is 11.0. The van der Waals surface area contributed by atoms with E-state index in [1.165, 1.54) is 6.92 Å². The van der Waals surface area contributed by atoms with Crippen LogP contribution in [0.1, 0.15) is 27.7 Å². The molecule has 1 unspecified atom stereocenters. The Kier molecular flexibility index (Phi) is 4.33. The SMILES string of the molecule is CC(=O)C(C)NC(=O)NC(C)C. The second-order valence-corrected chi connectivity index (χ2v) is 3.10. The molecule has 0 heterocycles. The first-order chi connectivity index (χ1) is 5.43. The molecule has 4 nitrogen and oxygen atoms in total. The number of carbonyl (C=O) groups excluding carboxylic acids is 2. The van der Waals surface area contributed by atoms with Gasteiger partial charge in [0.1, 0.15) is 0 Å². The summed E-state index contributed by atoms with van der Waals surface area (Å²) in [5.74, 6) is -0.0473. The monoisotopic (exact) mass is 172 g/mol. The minimum atomic E-state index is -0.413. The molecule has 0 rings (SSSR count). The fraction of sp³-hybridized carbons (Fsp3) is 0.750. The van der Waals surface area contributed by atoms with Gasteiger partial charge in [-0.1, -0.05) is 0 Å². The summed E-state index contributed by atoms with van der Waals surface area (Å²) in [6, 6.07) is -0.624. The van der Waals surface area contributed by atoms with Gasteiger partial charge in [-0.3, -0.25) is 4.79 Å². The van der Waals surface area contributed by atoms with Crippen LogP contribution >= 0.6 is 0 Å². The van der Waals surface area contributed by atoms with Gasteiger partial charge in [0.2, 0.25) is 0 Å². The molecule has 0 aliphatic rings. The van der Waals surface area contributed by atoms with Crippen molar-refractivity contribution in [2.24, 2.45) is 0 Å². The highest BCUT2D eigenvalue weighted by atomic mass is 16.2. The quantitative estimate of drug-likeness (QED) is 0.657. The number of nitrogens with one attached hydrogen (secondary N) is 2. The van der Waals surface area contributed by atoms with E-state index in [1.807, 2.05) is 13.8 Å². The van der Waals surface area contributed by atoms with Gasteiger partial charge in [-0.25, -0.2) is 4.79 Å². The highest BCUT2D eigenvalue weighted by molar-refractivity contribution is 5.86. The van der Waals surface area contributed by atoms with Gasteiger partial charge in [0, 0.05) is 6.04 Å². The number of rotatable bonds is 3. The molecule has 0 fully saturated rings. The predicted molar refractivity (Wildman–Crippen MR) is 46.9 cm³/mol. The van der Waals surface area contributed by atoms with Gasteiger partial charge in [-0.2, -0.15) is 0 Å². The molecule has 0 radical (unpaired) electrons. The Bertz CT molecular complexity index is 178. The lowest BCUT2D eigenvalue weighted by Crippen LogP contribution is -2.45. The van der Waals surface area contributed by atoms with Crippen molar-refractivity contribution in [3.8, 4) is 0 Å². The van der Waals surface area contributed by atoms with Crippen LogP contribution in [0.3, 0.4) is 0 Å². The molecule has 1 atom stereocenters. The number of carbonyl (C=O) groups is 2. The summed E-state index contributed by atoms with van der Waals surface area (Å²) >= 11 is 0. The van der Waals surface area contributed by atoms with Crippen molar-refractivity contribution in [2.45, 2.75) is 39.8 Å². The van der Waals surface area contributed by atoms with Crippen LogP contribution < -0.4 is 10.6 Å². The zero-order valence-corrected chi connectivity index (χ0v) is 7.97. The van der Waals surface area contributed by atoms with Crippen molar-refractivity contribution in [3.05, 3.63) is 0 Å². The number of amides is 2. The Morgan fingerprint density at radius 2 is 1.58 bits per heavy atom. The summed E-state index contributed by atoms with van der Waals surface area (Å²) in [5, 5.41) is 5.14. The van der Waals surface area contributed by atoms with E-state index in [1.54, 1.807) is 6.92 Å². The molecule has 12 heavy (non-hydrogen) atoms. The molecule has 70 valence electrons. The van der Waals surface area contributed by atoms with Gasteiger partial charge in [0.05, 0.1) is 6.04 Å². The van der Waals surface area contributed by atoms with Gasteiger partial charge in [-0.15, -0.1) is 0 Å². The Morgan fingerprint density at radius 3 is 1.92 bits per heavy atom. The predicted octanol–water partition coefficient (Wildman–Crippen LogP) is 0.672. The fourth-order valence-corrected chi connectivity index (χ4v) is 0.602. The first kappa shape index (κ1) is 10.9. The zero-order valence-electron chi connectivity index (χ0n) is 7.97. The van der Waals surface area contributed by atoms with Crippen molar-refractivity contribution in [2.75, 3.05) is 0 Å². The second kappa shape index (κ2) is 4.74. The highest BCUT2D eigenvalue weighted by Crippen LogP contribution is 1.84. The van der Waals surface area contributed by atoms with E-state index in [0.717, 1.165) is 0 Å². The van der Waals surface area contributed by atoms with Crippen LogP contribution in [-0.4, -0.2) is 23.9 Å². The van der Waals surface area contributed by atoms with Crippen molar-refractivity contribution < 1.29 is 9.59 Å². The average molecular weight is 172 g/mol. The van der Waals surface area contributed by atoms with Crippen molar-refractivity contribution in [3.63, 3.8) is 0 Å². The Balaban J connectivity index is 3.77. The third-order valence-corrected chi connectivity index (χ3v) is 1.38. The first-order valence-electron chi connectivity index (χ1n) is 4.01. The highest BCUT2D eigenvalue weighted by Gasteiger charge is 2.10. The molecule has 0 saturated carbocycles. The molecular formula is C8H16N2O2. The molecule has 0 bridgehead atoms. The van der Waals surface area contributed by atoms with Gasteiger partial charge < -0.3 is 10.6 Å². The lowest BCUT2D eigenvalue weighted by Gasteiger charge is -2.13. The third-order valence-electron chi connectivity index (χ3n) is 1.38. The molecule has 0 aliphatic carbocycles. The largest absolute Gasteiger partial charge is 0.336 e. The summed E-state index contributed by atoms with van der Waals surface area (Å²) in [5.41, 5.74) is 0. The molecule has 0 aromatic rings. The van der Waals surface area contributed by atoms with Crippen LogP contribution in [0.5, 0.6) is 0 Å². The number of hydrogen-bond acceptors (Lipinski definition) is 2. The number of urea groups is 1. The zero-order chi connectivity index (χ0) is 9.72. The molecule has 2 amide bonds. The van der Waals surface area contributed by atoms with Crippen molar-refractivity contribution >= 4 is 11.8 Å². The molecule has 0 aromatic carbocycles. The normalized spacial score (nSPS) is 12.4. The van der Waals surface area contributed by atoms with E-state index < -0.39 is 6.04 Å². The van der Waals surface area contributed by atoms with Gasteiger partial charge in [-0.05, 0) is 27.7 Å². The molecule has 4 heteroatoms. The van der Waals surface area contributed by atoms with Gasteiger partial charge in [0.25, 0.3) is 0 Å². The Hall–Kier alpha value is -1.06. The van der Waals surface area contributed by atoms with E-state index in [4.69, 9.17) is 0 Å². The van der Waals surface area contributed by atoms with E-state index in [0.29, 0.717) is 0 Å². The Morgan fingerprint density at radius 1 is 1.08 bits per heavy atom. The van der Waals surface area contributed by atoms with Crippen LogP contribution in [0.2, 0.25) is 0 Å². The fourth-order valence-electron chi connectivity index (χ4n) is 0.602. The Labute approximate surface area is 72.7 Å². The summed E-state index contributed by atoms with van der Waals surface area (Å²) in [4.78, 5) is 21.7. The minimum Gasteiger partial charge on any atom is -0.336 e. The van der Waals surface area contributed by atoms with Crippen LogP contribution in [0, 0.1) is 0 Å². The van der Waals surface area contributed by atoms with Crippen LogP contribution in [0.15, 0.2) is 0 Å². The molecule has 2 N–H and O–H groups in total. The van der Waals surface area contributed by atoms with E-state index in [9.17, 15) is 9.59 Å². The summed E-state index contributed by atoms with van der Waals surface area (Å²) < 4.78 is 0. The molecule has 0 aromatic heterocycles. The standard InChI is InChI=1S/C8H16N2O2/c1-5(2)9-8(12)10-6(3)7(4)11/h5-6H,1-4H3,(H2,9,10,12). The van der Waals surface area contributed by atoms with E-state index in [2.05, 4.69) is 10.6 Å². The van der Waals surface area contributed by atoms with Crippen molar-refractivity contribution in [1.29, 1.82) is 0 Å². The third kappa shape index (κ3) is 4.71. The van der Waals surface area contributed by atoms with Gasteiger partial charge in [0.15, 0.2) is 5.78 Å². The summed E-state index contributed by atoms with van der Waals surface area (Å²) in [6.45, 7) is 6.82.